The molecule has 23 heavy (non-hydrogen) atoms. The standard InChI is InChI=1S/C13H16F2O5S2Si/c1-10-11(5-6-23(2,3)4)7-13(20-22(15,18)19)8-12(10)9-21(14,16)17/h7-8H,9H2,1-4H3. The van der Waals surface area contributed by atoms with E-state index in [2.05, 4.69) is 15.6 Å². The van der Waals surface area contributed by atoms with Crippen molar-refractivity contribution in [2.24, 2.45) is 0 Å². The van der Waals surface area contributed by atoms with Gasteiger partial charge in [0.15, 0.2) is 0 Å². The van der Waals surface area contributed by atoms with Gasteiger partial charge >= 0.3 is 20.7 Å². The van der Waals surface area contributed by atoms with E-state index in [-0.39, 0.29) is 11.1 Å². The molecule has 0 aromatic heterocycles. The topological polar surface area (TPSA) is 77.5 Å². The zero-order valence-electron chi connectivity index (χ0n) is 13.0. The van der Waals surface area contributed by atoms with Crippen molar-refractivity contribution in [2.45, 2.75) is 32.3 Å². The van der Waals surface area contributed by atoms with Gasteiger partial charge in [-0.05, 0) is 30.2 Å². The second-order valence-corrected chi connectivity index (χ2v) is 13.0. The zero-order valence-corrected chi connectivity index (χ0v) is 15.6. The Balaban J connectivity index is 3.51. The number of rotatable bonds is 4. The summed E-state index contributed by atoms with van der Waals surface area (Å²) in [6.07, 6.45) is 0. The SMILES string of the molecule is Cc1c(C#C[Si](C)(C)C)cc(OS(=O)(=O)F)cc1CS(=O)(=O)F. The van der Waals surface area contributed by atoms with E-state index < -0.39 is 40.3 Å². The van der Waals surface area contributed by atoms with Crippen LogP contribution in [0.4, 0.5) is 7.77 Å². The lowest BCUT2D eigenvalue weighted by Crippen LogP contribution is -2.16. The van der Waals surface area contributed by atoms with Gasteiger partial charge in [-0.1, -0.05) is 29.4 Å². The molecule has 0 bridgehead atoms. The summed E-state index contributed by atoms with van der Waals surface area (Å²) in [7, 11) is -11.9. The summed E-state index contributed by atoms with van der Waals surface area (Å²) >= 11 is 0. The predicted octanol–water partition coefficient (Wildman–Crippen LogP) is 2.62. The van der Waals surface area contributed by atoms with Crippen molar-refractivity contribution in [1.29, 1.82) is 0 Å². The van der Waals surface area contributed by atoms with Gasteiger partial charge in [-0.2, -0.15) is 16.8 Å². The predicted molar refractivity (Wildman–Crippen MR) is 85.8 cm³/mol. The molecule has 0 saturated carbocycles. The van der Waals surface area contributed by atoms with Crippen LogP contribution in [0.15, 0.2) is 12.1 Å². The third-order valence-electron chi connectivity index (χ3n) is 2.58. The molecule has 0 aliphatic heterocycles. The first-order valence-corrected chi connectivity index (χ1v) is 12.8. The maximum atomic E-state index is 12.9. The van der Waals surface area contributed by atoms with Gasteiger partial charge in [0.05, 0.1) is 0 Å². The largest absolute Gasteiger partial charge is 0.488 e. The molecule has 1 aromatic carbocycles. The number of benzene rings is 1. The van der Waals surface area contributed by atoms with Crippen molar-refractivity contribution >= 4 is 28.8 Å². The van der Waals surface area contributed by atoms with Gasteiger partial charge in [-0.3, -0.25) is 0 Å². The first-order chi connectivity index (χ1) is 10.2. The average Bonchev–Trinajstić information content (AvgIpc) is 2.26. The summed E-state index contributed by atoms with van der Waals surface area (Å²) in [4.78, 5) is 0. The summed E-state index contributed by atoms with van der Waals surface area (Å²) in [6, 6.07) is 2.14. The summed E-state index contributed by atoms with van der Waals surface area (Å²) in [6.45, 7) is 7.42. The van der Waals surface area contributed by atoms with E-state index in [4.69, 9.17) is 0 Å². The molecule has 0 saturated heterocycles. The summed E-state index contributed by atoms with van der Waals surface area (Å²) in [5.74, 6) is 1.36. The van der Waals surface area contributed by atoms with Crippen LogP contribution >= 0.6 is 0 Å². The third kappa shape index (κ3) is 7.58. The fourth-order valence-corrected chi connectivity index (χ4v) is 3.14. The molecule has 0 aliphatic rings. The first-order valence-electron chi connectivity index (χ1n) is 6.39. The van der Waals surface area contributed by atoms with Crippen molar-refractivity contribution < 1.29 is 28.8 Å². The lowest BCUT2D eigenvalue weighted by atomic mass is 10.0. The van der Waals surface area contributed by atoms with Crippen LogP contribution in [0.3, 0.4) is 0 Å². The summed E-state index contributed by atoms with van der Waals surface area (Å²) in [5.41, 5.74) is 3.58. The molecule has 0 N–H and O–H groups in total. The van der Waals surface area contributed by atoms with Gasteiger partial charge < -0.3 is 4.18 Å². The number of hydrogen-bond acceptors (Lipinski definition) is 5. The highest BCUT2D eigenvalue weighted by Gasteiger charge is 2.18. The van der Waals surface area contributed by atoms with E-state index >= 15 is 0 Å². The van der Waals surface area contributed by atoms with Gasteiger partial charge in [0.25, 0.3) is 0 Å². The van der Waals surface area contributed by atoms with Crippen LogP contribution in [0, 0.1) is 18.4 Å². The third-order valence-corrected chi connectivity index (χ3v) is 4.51. The molecule has 1 rings (SSSR count). The van der Waals surface area contributed by atoms with Crippen molar-refractivity contribution in [1.82, 2.24) is 0 Å². The van der Waals surface area contributed by atoms with Crippen LogP contribution in [0.2, 0.25) is 19.6 Å². The molecule has 0 fully saturated rings. The molecule has 0 aliphatic carbocycles. The monoisotopic (exact) mass is 382 g/mol. The lowest BCUT2D eigenvalue weighted by molar-refractivity contribution is 0.440. The Morgan fingerprint density at radius 3 is 2.13 bits per heavy atom. The molecule has 0 amide bonds. The van der Waals surface area contributed by atoms with Crippen LogP contribution < -0.4 is 4.18 Å². The zero-order chi connectivity index (χ0) is 18.1. The van der Waals surface area contributed by atoms with Gasteiger partial charge in [0, 0.05) is 5.56 Å². The summed E-state index contributed by atoms with van der Waals surface area (Å²) in [5, 5.41) is 0. The average molecular weight is 382 g/mol. The Morgan fingerprint density at radius 2 is 1.70 bits per heavy atom. The van der Waals surface area contributed by atoms with E-state index in [0.29, 0.717) is 5.56 Å². The molecule has 0 spiro atoms. The Bertz CT molecular complexity index is 875. The van der Waals surface area contributed by atoms with Crippen LogP contribution in [-0.4, -0.2) is 24.9 Å². The minimum atomic E-state index is -5.29. The molecular weight excluding hydrogens is 366 g/mol. The van der Waals surface area contributed by atoms with Crippen molar-refractivity contribution in [3.8, 4) is 17.2 Å². The van der Waals surface area contributed by atoms with Gasteiger partial charge in [0.1, 0.15) is 19.6 Å². The highest BCUT2D eigenvalue weighted by atomic mass is 32.3. The molecule has 10 heteroatoms. The van der Waals surface area contributed by atoms with Crippen LogP contribution in [0.5, 0.6) is 5.75 Å². The van der Waals surface area contributed by atoms with Crippen LogP contribution in [0.1, 0.15) is 16.7 Å². The van der Waals surface area contributed by atoms with E-state index in [9.17, 15) is 24.6 Å². The van der Waals surface area contributed by atoms with Gasteiger partial charge in [-0.25, -0.2) is 0 Å². The Kier molecular flexibility index (Phi) is 5.61. The molecule has 1 aromatic rings. The summed E-state index contributed by atoms with van der Waals surface area (Å²) < 4.78 is 72.6. The maximum Gasteiger partial charge on any atom is 0.488 e. The second kappa shape index (κ2) is 6.58. The van der Waals surface area contributed by atoms with Crippen LogP contribution in [-0.2, 0) is 26.5 Å². The maximum absolute atomic E-state index is 12.9. The van der Waals surface area contributed by atoms with Gasteiger partial charge in [0.2, 0.25) is 0 Å². The smallest absolute Gasteiger partial charge is 0.358 e. The molecule has 128 valence electrons. The quantitative estimate of drug-likeness (QED) is 0.454. The van der Waals surface area contributed by atoms with E-state index in [1.807, 2.05) is 19.6 Å². The van der Waals surface area contributed by atoms with Gasteiger partial charge in [-0.15, -0.1) is 9.43 Å². The number of halogens is 2. The number of hydrogen-bond donors (Lipinski definition) is 0. The normalized spacial score (nSPS) is 12.4. The highest BCUT2D eigenvalue weighted by Crippen LogP contribution is 2.25. The minimum Gasteiger partial charge on any atom is -0.358 e. The van der Waals surface area contributed by atoms with E-state index in [0.717, 1.165) is 6.07 Å². The highest BCUT2D eigenvalue weighted by molar-refractivity contribution is 7.85. The van der Waals surface area contributed by atoms with Crippen molar-refractivity contribution in [2.75, 3.05) is 0 Å². The molecule has 0 unspecified atom stereocenters. The fourth-order valence-electron chi connectivity index (χ4n) is 1.63. The molecule has 0 radical (unpaired) electrons. The second-order valence-electron chi connectivity index (χ2n) is 5.91. The lowest BCUT2D eigenvalue weighted by Gasteiger charge is -2.10. The Hall–Kier alpha value is -1.44. The van der Waals surface area contributed by atoms with Crippen molar-refractivity contribution in [3.05, 3.63) is 28.8 Å². The fraction of sp³-hybridized carbons (Fsp3) is 0.385. The van der Waals surface area contributed by atoms with E-state index in [1.54, 1.807) is 0 Å². The van der Waals surface area contributed by atoms with E-state index in [1.165, 1.54) is 13.0 Å². The molecule has 5 nitrogen and oxygen atoms in total. The minimum absolute atomic E-state index is 0.0477. The first kappa shape index (κ1) is 19.6. The van der Waals surface area contributed by atoms with Crippen LogP contribution in [0.25, 0.3) is 0 Å². The molecule has 0 atom stereocenters. The Morgan fingerprint density at radius 1 is 1.13 bits per heavy atom. The molecular formula is C13H16F2O5S2Si. The van der Waals surface area contributed by atoms with Crippen molar-refractivity contribution in [3.63, 3.8) is 0 Å². The Labute approximate surface area is 136 Å². The molecule has 0 heterocycles.